The number of rotatable bonds is 4. The Kier molecular flexibility index (Phi) is 5.37. The highest BCUT2D eigenvalue weighted by atomic mass is 16.5. The van der Waals surface area contributed by atoms with E-state index in [4.69, 9.17) is 4.74 Å². The molecule has 1 aromatic carbocycles. The number of nitrogens with zero attached hydrogens (tertiary/aromatic N) is 4. The Morgan fingerprint density at radius 1 is 1.12 bits per heavy atom. The van der Waals surface area contributed by atoms with Gasteiger partial charge >= 0.3 is 0 Å². The number of ether oxygens (including phenoxy) is 1. The largest absolute Gasteiger partial charge is 0.495 e. The normalized spacial score (nSPS) is 15.0. The second kappa shape index (κ2) is 7.70. The molecule has 1 aliphatic rings. The van der Waals surface area contributed by atoms with E-state index in [0.717, 1.165) is 30.1 Å². The van der Waals surface area contributed by atoms with Gasteiger partial charge in [-0.3, -0.25) is 4.79 Å². The molecule has 0 bridgehead atoms. The number of hydrogen-bond acceptors (Lipinski definition) is 6. The van der Waals surface area contributed by atoms with Gasteiger partial charge in [0.1, 0.15) is 23.1 Å². The van der Waals surface area contributed by atoms with Gasteiger partial charge in [0, 0.05) is 32.2 Å². The van der Waals surface area contributed by atoms with E-state index in [9.17, 15) is 4.79 Å². The zero-order chi connectivity index (χ0) is 18.7. The summed E-state index contributed by atoms with van der Waals surface area (Å²) in [4.78, 5) is 25.6. The molecule has 3 rings (SSSR count). The number of nitrogens with one attached hydrogen (secondary N) is 1. The molecule has 1 aromatic heterocycles. The molecule has 0 unspecified atom stereocenters. The van der Waals surface area contributed by atoms with Gasteiger partial charge in [0.15, 0.2) is 0 Å². The molecular weight excluding hydrogens is 330 g/mol. The number of amides is 1. The molecule has 0 saturated carbocycles. The van der Waals surface area contributed by atoms with Crippen molar-refractivity contribution in [2.45, 2.75) is 13.8 Å². The number of anilines is 2. The first kappa shape index (κ1) is 18.1. The highest BCUT2D eigenvalue weighted by Crippen LogP contribution is 2.28. The molecule has 7 heteroatoms. The van der Waals surface area contributed by atoms with Crippen molar-refractivity contribution >= 4 is 17.4 Å². The molecule has 0 atom stereocenters. The molecule has 0 radical (unpaired) electrons. The predicted octanol–water partition coefficient (Wildman–Crippen LogP) is 2.23. The highest BCUT2D eigenvalue weighted by molar-refractivity contribution is 5.93. The summed E-state index contributed by atoms with van der Waals surface area (Å²) in [5, 5.41) is 3.26. The number of likely N-dealkylation sites (N-methyl/N-ethyl adjacent to an activating group) is 1. The maximum absolute atomic E-state index is 12.8. The van der Waals surface area contributed by atoms with Crippen LogP contribution in [0.25, 0.3) is 0 Å². The van der Waals surface area contributed by atoms with Gasteiger partial charge in [-0.25, -0.2) is 9.97 Å². The first-order chi connectivity index (χ1) is 12.5. The molecule has 2 aromatic rings. The van der Waals surface area contributed by atoms with Crippen LogP contribution in [-0.2, 0) is 0 Å². The number of methoxy groups -OCH3 is 1. The van der Waals surface area contributed by atoms with Gasteiger partial charge < -0.3 is 19.9 Å². The predicted molar refractivity (Wildman–Crippen MR) is 101 cm³/mol. The van der Waals surface area contributed by atoms with E-state index in [2.05, 4.69) is 27.2 Å². The van der Waals surface area contributed by atoms with Crippen LogP contribution in [0.2, 0.25) is 0 Å². The summed E-state index contributed by atoms with van der Waals surface area (Å²) in [6.07, 6.45) is 0. The maximum Gasteiger partial charge on any atom is 0.272 e. The summed E-state index contributed by atoms with van der Waals surface area (Å²) in [7, 11) is 3.69. The van der Waals surface area contributed by atoms with Crippen molar-refractivity contribution in [1.29, 1.82) is 0 Å². The van der Waals surface area contributed by atoms with Gasteiger partial charge in [-0.05, 0) is 38.6 Å². The molecule has 138 valence electrons. The first-order valence-corrected chi connectivity index (χ1v) is 8.71. The number of carbonyl (C=O) groups excluding carboxylic acids is 1. The molecule has 2 heterocycles. The Morgan fingerprint density at radius 2 is 1.85 bits per heavy atom. The molecular formula is C19H25N5O2. The van der Waals surface area contributed by atoms with Crippen LogP contribution < -0.4 is 10.1 Å². The van der Waals surface area contributed by atoms with Crippen LogP contribution in [0.5, 0.6) is 5.75 Å². The van der Waals surface area contributed by atoms with Crippen molar-refractivity contribution in [2.75, 3.05) is 45.7 Å². The monoisotopic (exact) mass is 355 g/mol. The van der Waals surface area contributed by atoms with E-state index in [1.54, 1.807) is 20.1 Å². The van der Waals surface area contributed by atoms with E-state index in [-0.39, 0.29) is 5.91 Å². The van der Waals surface area contributed by atoms with Crippen LogP contribution in [0, 0.1) is 13.8 Å². The molecule has 1 N–H and O–H groups in total. The van der Waals surface area contributed by atoms with Gasteiger partial charge in [-0.15, -0.1) is 0 Å². The first-order valence-electron chi connectivity index (χ1n) is 8.71. The van der Waals surface area contributed by atoms with Crippen molar-refractivity contribution in [2.24, 2.45) is 0 Å². The molecule has 1 amide bonds. The lowest BCUT2D eigenvalue weighted by molar-refractivity contribution is 0.0658. The number of hydrogen-bond donors (Lipinski definition) is 1. The lowest BCUT2D eigenvalue weighted by Crippen LogP contribution is -2.47. The van der Waals surface area contributed by atoms with Crippen molar-refractivity contribution in [3.63, 3.8) is 0 Å². The molecule has 0 aliphatic carbocycles. The van der Waals surface area contributed by atoms with Gasteiger partial charge in [-0.1, -0.05) is 6.07 Å². The maximum atomic E-state index is 12.8. The zero-order valence-electron chi connectivity index (χ0n) is 15.7. The number of aryl methyl sites for hydroxylation is 2. The minimum atomic E-state index is -0.0529. The van der Waals surface area contributed by atoms with E-state index in [0.29, 0.717) is 30.4 Å². The van der Waals surface area contributed by atoms with Gasteiger partial charge in [0.2, 0.25) is 0 Å². The van der Waals surface area contributed by atoms with Crippen LogP contribution in [-0.4, -0.2) is 66.0 Å². The lowest BCUT2D eigenvalue weighted by atomic mass is 10.2. The van der Waals surface area contributed by atoms with Crippen molar-refractivity contribution in [3.8, 4) is 5.75 Å². The quantitative estimate of drug-likeness (QED) is 0.907. The Balaban J connectivity index is 1.84. The molecule has 7 nitrogen and oxygen atoms in total. The fourth-order valence-corrected chi connectivity index (χ4v) is 2.97. The molecule has 0 spiro atoms. The van der Waals surface area contributed by atoms with E-state index in [1.165, 1.54) is 0 Å². The van der Waals surface area contributed by atoms with Crippen LogP contribution in [0.3, 0.4) is 0 Å². The van der Waals surface area contributed by atoms with Crippen LogP contribution in [0.15, 0.2) is 24.3 Å². The van der Waals surface area contributed by atoms with Crippen LogP contribution in [0.1, 0.15) is 21.9 Å². The zero-order valence-corrected chi connectivity index (χ0v) is 15.7. The second-order valence-electron chi connectivity index (χ2n) is 6.61. The summed E-state index contributed by atoms with van der Waals surface area (Å²) in [6.45, 7) is 6.99. The molecule has 26 heavy (non-hydrogen) atoms. The summed E-state index contributed by atoms with van der Waals surface area (Å²) in [5.41, 5.74) is 2.33. The van der Waals surface area contributed by atoms with E-state index >= 15 is 0 Å². The van der Waals surface area contributed by atoms with Crippen molar-refractivity contribution in [1.82, 2.24) is 19.8 Å². The third-order valence-electron chi connectivity index (χ3n) is 4.47. The van der Waals surface area contributed by atoms with Gasteiger partial charge in [0.25, 0.3) is 5.91 Å². The fourth-order valence-electron chi connectivity index (χ4n) is 2.97. The van der Waals surface area contributed by atoms with E-state index in [1.807, 2.05) is 30.0 Å². The third-order valence-corrected chi connectivity index (χ3v) is 4.47. The van der Waals surface area contributed by atoms with Crippen molar-refractivity contribution < 1.29 is 9.53 Å². The molecule has 1 fully saturated rings. The van der Waals surface area contributed by atoms with Crippen molar-refractivity contribution in [3.05, 3.63) is 41.3 Å². The standard InChI is InChI=1S/C19H25N5O2/c1-13-5-6-17(26-4)15(11-13)22-18-12-16(20-14(2)21-18)19(25)24-9-7-23(3)8-10-24/h5-6,11-12H,7-10H2,1-4H3,(H,20,21,22). The average molecular weight is 355 g/mol. The number of piperazine rings is 1. The smallest absolute Gasteiger partial charge is 0.272 e. The average Bonchev–Trinajstić information content (AvgIpc) is 2.61. The number of aromatic nitrogens is 2. The second-order valence-corrected chi connectivity index (χ2v) is 6.61. The lowest BCUT2D eigenvalue weighted by Gasteiger charge is -2.32. The van der Waals surface area contributed by atoms with Crippen LogP contribution in [0.4, 0.5) is 11.5 Å². The number of benzene rings is 1. The van der Waals surface area contributed by atoms with E-state index < -0.39 is 0 Å². The number of carbonyl (C=O) groups is 1. The minimum Gasteiger partial charge on any atom is -0.495 e. The summed E-state index contributed by atoms with van der Waals surface area (Å²) >= 11 is 0. The van der Waals surface area contributed by atoms with Gasteiger partial charge in [0.05, 0.1) is 12.8 Å². The Hall–Kier alpha value is -2.67. The topological polar surface area (TPSA) is 70.6 Å². The SMILES string of the molecule is COc1ccc(C)cc1Nc1cc(C(=O)N2CCN(C)CC2)nc(C)n1. The summed E-state index contributed by atoms with van der Waals surface area (Å²) < 4.78 is 5.40. The summed E-state index contributed by atoms with van der Waals surface area (Å²) in [5.74, 6) is 1.81. The Bertz CT molecular complexity index is 801. The van der Waals surface area contributed by atoms with Gasteiger partial charge in [-0.2, -0.15) is 0 Å². The Morgan fingerprint density at radius 3 is 2.54 bits per heavy atom. The highest BCUT2D eigenvalue weighted by Gasteiger charge is 2.22. The third kappa shape index (κ3) is 4.11. The summed E-state index contributed by atoms with van der Waals surface area (Å²) in [6, 6.07) is 7.58. The van der Waals surface area contributed by atoms with Crippen LogP contribution >= 0.6 is 0 Å². The molecule has 1 saturated heterocycles. The fraction of sp³-hybridized carbons (Fsp3) is 0.421. The Labute approximate surface area is 154 Å². The molecule has 1 aliphatic heterocycles. The minimum absolute atomic E-state index is 0.0529.